The molecule has 2 atom stereocenters. The van der Waals surface area contributed by atoms with E-state index in [0.29, 0.717) is 0 Å². The van der Waals surface area contributed by atoms with E-state index < -0.39 is 24.0 Å². The minimum Gasteiger partial charge on any atom is -0.479 e. The molecule has 1 amide bonds. The van der Waals surface area contributed by atoms with Crippen molar-refractivity contribution < 1.29 is 19.8 Å². The minimum absolute atomic E-state index is 0.428. The summed E-state index contributed by atoms with van der Waals surface area (Å²) in [6, 6.07) is -1.08. The molecule has 5 heteroatoms. The van der Waals surface area contributed by atoms with Crippen LogP contribution in [0.5, 0.6) is 0 Å². The van der Waals surface area contributed by atoms with E-state index >= 15 is 0 Å². The molecule has 0 fully saturated rings. The second-order valence-corrected chi connectivity index (χ2v) is 2.64. The van der Waals surface area contributed by atoms with Gasteiger partial charge >= 0.3 is 5.97 Å². The van der Waals surface area contributed by atoms with Gasteiger partial charge in [-0.15, -0.1) is 0 Å². The number of aliphatic carboxylic acids is 1. The molecular weight excluding hydrogens is 174 g/mol. The number of aliphatic hydroxyl groups is 1. The van der Waals surface area contributed by atoms with E-state index in [1.165, 1.54) is 26.0 Å². The van der Waals surface area contributed by atoms with Gasteiger partial charge in [-0.25, -0.2) is 4.79 Å². The van der Waals surface area contributed by atoms with Crippen molar-refractivity contribution in [1.82, 2.24) is 5.32 Å². The smallest absolute Gasteiger partial charge is 0.330 e. The van der Waals surface area contributed by atoms with Crippen LogP contribution in [0.1, 0.15) is 13.8 Å². The lowest BCUT2D eigenvalue weighted by Crippen LogP contribution is -2.38. The molecule has 0 aliphatic carbocycles. The van der Waals surface area contributed by atoms with E-state index in [1.807, 2.05) is 0 Å². The molecule has 0 radical (unpaired) electrons. The Hall–Kier alpha value is -1.36. The molecule has 0 rings (SSSR count). The van der Waals surface area contributed by atoms with Gasteiger partial charge in [-0.05, 0) is 6.92 Å². The molecule has 0 unspecified atom stereocenters. The van der Waals surface area contributed by atoms with Crippen molar-refractivity contribution in [3.63, 3.8) is 0 Å². The molecule has 0 heterocycles. The third-order valence-corrected chi connectivity index (χ3v) is 1.21. The molecule has 0 spiro atoms. The fourth-order valence-corrected chi connectivity index (χ4v) is 0.683. The molecule has 0 aromatic heterocycles. The van der Waals surface area contributed by atoms with Crippen LogP contribution >= 0.6 is 0 Å². The molecule has 3 N–H and O–H groups in total. The average Bonchev–Trinajstić information content (AvgIpc) is 1.96. The zero-order chi connectivity index (χ0) is 10.4. The lowest BCUT2D eigenvalue weighted by Gasteiger charge is -2.08. The van der Waals surface area contributed by atoms with Gasteiger partial charge in [-0.3, -0.25) is 4.79 Å². The summed E-state index contributed by atoms with van der Waals surface area (Å²) in [6.07, 6.45) is 1.80. The van der Waals surface area contributed by atoms with Crippen molar-refractivity contribution in [3.8, 4) is 0 Å². The molecule has 0 bridgehead atoms. The highest BCUT2D eigenvalue weighted by Crippen LogP contribution is 1.90. The van der Waals surface area contributed by atoms with Crippen LogP contribution in [-0.2, 0) is 9.59 Å². The van der Waals surface area contributed by atoms with E-state index in [4.69, 9.17) is 10.2 Å². The molecule has 5 nitrogen and oxygen atoms in total. The van der Waals surface area contributed by atoms with E-state index in [9.17, 15) is 9.59 Å². The van der Waals surface area contributed by atoms with Crippen molar-refractivity contribution in [2.24, 2.45) is 0 Å². The molecule has 0 aliphatic heterocycles. The summed E-state index contributed by atoms with van der Waals surface area (Å²) in [5.41, 5.74) is 0. The lowest BCUT2D eigenvalue weighted by molar-refractivity contribution is -0.140. The van der Waals surface area contributed by atoms with Crippen LogP contribution in [0.2, 0.25) is 0 Å². The van der Waals surface area contributed by atoms with Crippen LogP contribution in [0.15, 0.2) is 12.2 Å². The van der Waals surface area contributed by atoms with Crippen molar-refractivity contribution in [1.29, 1.82) is 0 Å². The Morgan fingerprint density at radius 3 is 2.23 bits per heavy atom. The van der Waals surface area contributed by atoms with Crippen LogP contribution in [0, 0.1) is 0 Å². The number of carboxylic acid groups (broad SMARTS) is 1. The predicted molar refractivity (Wildman–Crippen MR) is 46.1 cm³/mol. The first-order valence-electron chi connectivity index (χ1n) is 3.79. The van der Waals surface area contributed by atoms with Crippen molar-refractivity contribution in [3.05, 3.63) is 12.2 Å². The topological polar surface area (TPSA) is 86.6 Å². The van der Waals surface area contributed by atoms with Crippen molar-refractivity contribution >= 4 is 11.9 Å². The maximum atomic E-state index is 10.5. The fourth-order valence-electron chi connectivity index (χ4n) is 0.683. The number of carbonyl (C=O) groups excluding carboxylic acids is 1. The number of aliphatic hydroxyl groups excluding tert-OH is 1. The van der Waals surface area contributed by atoms with Crippen molar-refractivity contribution in [2.45, 2.75) is 26.0 Å². The number of carboxylic acids is 1. The summed E-state index contributed by atoms with van der Waals surface area (Å²) < 4.78 is 0. The Labute approximate surface area is 76.1 Å². The zero-order valence-electron chi connectivity index (χ0n) is 7.52. The summed E-state index contributed by atoms with van der Waals surface area (Å²) >= 11 is 0. The molecule has 0 saturated carbocycles. The van der Waals surface area contributed by atoms with Crippen LogP contribution in [0.4, 0.5) is 0 Å². The molecule has 0 aromatic carbocycles. The predicted octanol–water partition coefficient (Wildman–Crippen LogP) is -0.487. The van der Waals surface area contributed by atoms with Gasteiger partial charge in [0.1, 0.15) is 6.04 Å². The number of carbonyl (C=O) groups is 2. The highest BCUT2D eigenvalue weighted by molar-refractivity contribution is 5.83. The van der Waals surface area contributed by atoms with E-state index in [1.54, 1.807) is 0 Å². The first-order valence-corrected chi connectivity index (χ1v) is 3.79. The maximum Gasteiger partial charge on any atom is 0.330 e. The van der Waals surface area contributed by atoms with Gasteiger partial charge in [-0.2, -0.15) is 0 Å². The zero-order valence-corrected chi connectivity index (χ0v) is 7.52. The number of amides is 1. The third-order valence-electron chi connectivity index (χ3n) is 1.21. The Balaban J connectivity index is 4.26. The van der Waals surface area contributed by atoms with Gasteiger partial charge < -0.3 is 15.5 Å². The van der Waals surface area contributed by atoms with Gasteiger partial charge in [0.25, 0.3) is 0 Å². The highest BCUT2D eigenvalue weighted by atomic mass is 16.4. The summed E-state index contributed by atoms with van der Waals surface area (Å²) in [6.45, 7) is 2.72. The summed E-state index contributed by atoms with van der Waals surface area (Å²) in [7, 11) is 0. The van der Waals surface area contributed by atoms with E-state index in [2.05, 4.69) is 5.32 Å². The highest BCUT2D eigenvalue weighted by Gasteiger charge is 2.14. The lowest BCUT2D eigenvalue weighted by atomic mass is 10.2. The molecule has 0 aromatic rings. The summed E-state index contributed by atoms with van der Waals surface area (Å²) in [5, 5.41) is 19.6. The quantitative estimate of drug-likeness (QED) is 0.518. The number of hydrogen-bond acceptors (Lipinski definition) is 3. The molecular formula is C8H13NO4. The molecule has 13 heavy (non-hydrogen) atoms. The Morgan fingerprint density at radius 2 is 1.92 bits per heavy atom. The van der Waals surface area contributed by atoms with Crippen LogP contribution < -0.4 is 5.32 Å². The first-order chi connectivity index (χ1) is 5.93. The van der Waals surface area contributed by atoms with Gasteiger partial charge in [0.15, 0.2) is 0 Å². The number of nitrogens with one attached hydrogen (secondary N) is 1. The van der Waals surface area contributed by atoms with E-state index in [0.717, 1.165) is 0 Å². The summed E-state index contributed by atoms with van der Waals surface area (Å²) in [4.78, 5) is 21.0. The Morgan fingerprint density at radius 1 is 1.38 bits per heavy atom. The number of hydrogen-bond donors (Lipinski definition) is 3. The van der Waals surface area contributed by atoms with Gasteiger partial charge in [-0.1, -0.05) is 12.2 Å². The number of rotatable bonds is 4. The molecule has 0 aliphatic rings. The minimum atomic E-state index is -1.16. The van der Waals surface area contributed by atoms with E-state index in [-0.39, 0.29) is 0 Å². The summed E-state index contributed by atoms with van der Waals surface area (Å²) in [5.74, 6) is -1.59. The third kappa shape index (κ3) is 5.86. The molecule has 74 valence electrons. The Kier molecular flexibility index (Phi) is 4.76. The van der Waals surface area contributed by atoms with Crippen LogP contribution in [0.25, 0.3) is 0 Å². The first kappa shape index (κ1) is 11.6. The van der Waals surface area contributed by atoms with Gasteiger partial charge in [0.05, 0.1) is 6.10 Å². The average molecular weight is 187 g/mol. The van der Waals surface area contributed by atoms with Crippen molar-refractivity contribution in [2.75, 3.05) is 0 Å². The normalized spacial score (nSPS) is 15.3. The Bertz CT molecular complexity index is 222. The monoisotopic (exact) mass is 187 g/mol. The molecule has 0 saturated heterocycles. The van der Waals surface area contributed by atoms with Crippen LogP contribution in [-0.4, -0.2) is 34.2 Å². The second kappa shape index (κ2) is 5.31. The SMILES string of the molecule is CC(=O)N[C@@H](/C=C/[C@H](C)O)C(=O)O. The van der Waals surface area contributed by atoms with Crippen LogP contribution in [0.3, 0.4) is 0 Å². The standard InChI is InChI=1S/C8H13NO4/c1-5(10)3-4-7(8(12)13)9-6(2)11/h3-5,7,10H,1-2H3,(H,9,11)(H,12,13)/b4-3+/t5-,7-/m0/s1. The maximum absolute atomic E-state index is 10.5. The fraction of sp³-hybridized carbons (Fsp3) is 0.500. The largest absolute Gasteiger partial charge is 0.479 e. The van der Waals surface area contributed by atoms with Gasteiger partial charge in [0, 0.05) is 6.92 Å². The second-order valence-electron chi connectivity index (χ2n) is 2.64. The van der Waals surface area contributed by atoms with Gasteiger partial charge in [0.2, 0.25) is 5.91 Å².